The van der Waals surface area contributed by atoms with Gasteiger partial charge >= 0.3 is 0 Å². The van der Waals surface area contributed by atoms with E-state index in [1.54, 1.807) is 12.4 Å². The fourth-order valence-electron chi connectivity index (χ4n) is 1.29. The van der Waals surface area contributed by atoms with Crippen molar-refractivity contribution in [2.24, 2.45) is 5.84 Å². The molecular weight excluding hydrogens is 260 g/mol. The van der Waals surface area contributed by atoms with Crippen molar-refractivity contribution in [1.82, 2.24) is 15.4 Å². The Hall–Kier alpha value is -1.24. The van der Waals surface area contributed by atoms with Crippen molar-refractivity contribution in [3.8, 4) is 0 Å². The van der Waals surface area contributed by atoms with Crippen LogP contribution in [0.1, 0.15) is 17.4 Å². The molecule has 2 aromatic heterocycles. The van der Waals surface area contributed by atoms with Crippen LogP contribution in [-0.2, 0) is 0 Å². The second kappa shape index (κ2) is 4.52. The van der Waals surface area contributed by atoms with Crippen molar-refractivity contribution < 1.29 is 4.42 Å². The van der Waals surface area contributed by atoms with E-state index in [9.17, 15) is 0 Å². The Morgan fingerprint density at radius 3 is 2.60 bits per heavy atom. The highest BCUT2D eigenvalue weighted by Gasteiger charge is 2.16. The molecule has 2 aromatic rings. The Labute approximate surface area is 94.8 Å². The van der Waals surface area contributed by atoms with E-state index in [1.165, 1.54) is 6.33 Å². The van der Waals surface area contributed by atoms with Gasteiger partial charge in [0.1, 0.15) is 18.1 Å². The van der Waals surface area contributed by atoms with Crippen LogP contribution in [-0.4, -0.2) is 9.97 Å². The van der Waals surface area contributed by atoms with E-state index in [0.717, 1.165) is 5.56 Å². The van der Waals surface area contributed by atoms with Crippen LogP contribution in [0.25, 0.3) is 0 Å². The normalized spacial score (nSPS) is 12.7. The van der Waals surface area contributed by atoms with Crippen molar-refractivity contribution in [1.29, 1.82) is 0 Å². The van der Waals surface area contributed by atoms with Gasteiger partial charge in [-0.05, 0) is 28.1 Å². The number of hydrazine groups is 1. The second-order valence-corrected chi connectivity index (χ2v) is 3.69. The van der Waals surface area contributed by atoms with Crippen molar-refractivity contribution in [3.63, 3.8) is 0 Å². The highest BCUT2D eigenvalue weighted by atomic mass is 79.9. The summed E-state index contributed by atoms with van der Waals surface area (Å²) in [6.45, 7) is 0. The summed E-state index contributed by atoms with van der Waals surface area (Å²) in [5.74, 6) is 6.17. The molecule has 0 bridgehead atoms. The zero-order valence-electron chi connectivity index (χ0n) is 7.72. The molecule has 6 heteroatoms. The molecule has 0 saturated carbocycles. The molecule has 0 fully saturated rings. The molecule has 0 radical (unpaired) electrons. The minimum Gasteiger partial charge on any atom is -0.452 e. The average Bonchev–Trinajstić information content (AvgIpc) is 2.68. The molecule has 1 atom stereocenters. The number of nitrogens with two attached hydrogens (primary N) is 1. The van der Waals surface area contributed by atoms with Gasteiger partial charge in [0, 0.05) is 18.0 Å². The van der Waals surface area contributed by atoms with E-state index in [2.05, 4.69) is 31.3 Å². The molecule has 0 aromatic carbocycles. The zero-order chi connectivity index (χ0) is 10.7. The largest absolute Gasteiger partial charge is 0.452 e. The molecule has 2 heterocycles. The van der Waals surface area contributed by atoms with Gasteiger partial charge in [-0.2, -0.15) is 0 Å². The fraction of sp³-hybridized carbons (Fsp3) is 0.111. The van der Waals surface area contributed by atoms with Crippen LogP contribution in [0.3, 0.4) is 0 Å². The van der Waals surface area contributed by atoms with Crippen LogP contribution in [0.4, 0.5) is 0 Å². The molecule has 1 unspecified atom stereocenters. The number of hydrogen-bond acceptors (Lipinski definition) is 5. The molecule has 78 valence electrons. The maximum absolute atomic E-state index is 5.47. The van der Waals surface area contributed by atoms with E-state index < -0.39 is 0 Å². The standard InChI is InChI=1S/C9H9BrN4O/c10-8-2-1-7(15-8)9(14-11)6-3-12-5-13-4-6/h1-5,9,14H,11H2. The van der Waals surface area contributed by atoms with Gasteiger partial charge in [0.05, 0.1) is 0 Å². The number of hydrogen-bond donors (Lipinski definition) is 2. The highest BCUT2D eigenvalue weighted by Crippen LogP contribution is 2.24. The summed E-state index contributed by atoms with van der Waals surface area (Å²) in [6, 6.07) is 3.41. The van der Waals surface area contributed by atoms with Gasteiger partial charge in [-0.15, -0.1) is 0 Å². The van der Waals surface area contributed by atoms with Gasteiger partial charge in [0.2, 0.25) is 0 Å². The smallest absolute Gasteiger partial charge is 0.169 e. The van der Waals surface area contributed by atoms with Gasteiger partial charge in [0.15, 0.2) is 4.67 Å². The minimum absolute atomic E-state index is 0.238. The van der Waals surface area contributed by atoms with E-state index in [4.69, 9.17) is 10.3 Å². The molecule has 0 aliphatic heterocycles. The molecule has 5 nitrogen and oxygen atoms in total. The summed E-state index contributed by atoms with van der Waals surface area (Å²) in [5.41, 5.74) is 3.50. The lowest BCUT2D eigenvalue weighted by atomic mass is 10.1. The first-order valence-electron chi connectivity index (χ1n) is 4.27. The molecule has 0 saturated heterocycles. The van der Waals surface area contributed by atoms with Crippen LogP contribution in [0.5, 0.6) is 0 Å². The summed E-state index contributed by atoms with van der Waals surface area (Å²) in [7, 11) is 0. The predicted octanol–water partition coefficient (Wildman–Crippen LogP) is 1.38. The second-order valence-electron chi connectivity index (χ2n) is 2.91. The molecular formula is C9H9BrN4O. The lowest BCUT2D eigenvalue weighted by Crippen LogP contribution is -2.28. The quantitative estimate of drug-likeness (QED) is 0.650. The van der Waals surface area contributed by atoms with Crippen molar-refractivity contribution in [3.05, 3.63) is 46.8 Å². The van der Waals surface area contributed by atoms with Crippen molar-refractivity contribution >= 4 is 15.9 Å². The van der Waals surface area contributed by atoms with Crippen LogP contribution < -0.4 is 11.3 Å². The van der Waals surface area contributed by atoms with Crippen molar-refractivity contribution in [2.75, 3.05) is 0 Å². The lowest BCUT2D eigenvalue weighted by Gasteiger charge is -2.12. The number of rotatable bonds is 3. The van der Waals surface area contributed by atoms with E-state index in [0.29, 0.717) is 10.4 Å². The summed E-state index contributed by atoms with van der Waals surface area (Å²) in [6.07, 6.45) is 4.84. The summed E-state index contributed by atoms with van der Waals surface area (Å²) in [5, 5.41) is 0. The van der Waals surface area contributed by atoms with Crippen LogP contribution in [0.15, 0.2) is 39.9 Å². The Morgan fingerprint density at radius 2 is 2.07 bits per heavy atom. The molecule has 0 spiro atoms. The lowest BCUT2D eigenvalue weighted by molar-refractivity contribution is 0.436. The number of furan rings is 1. The number of nitrogens with zero attached hydrogens (tertiary/aromatic N) is 2. The Kier molecular flexibility index (Phi) is 3.10. The molecule has 0 amide bonds. The molecule has 3 N–H and O–H groups in total. The SMILES string of the molecule is NNC(c1cncnc1)c1ccc(Br)o1. The van der Waals surface area contributed by atoms with Crippen LogP contribution in [0.2, 0.25) is 0 Å². The van der Waals surface area contributed by atoms with E-state index in [-0.39, 0.29) is 6.04 Å². The Morgan fingerprint density at radius 1 is 1.33 bits per heavy atom. The predicted molar refractivity (Wildman–Crippen MR) is 57.6 cm³/mol. The number of halogens is 1. The van der Waals surface area contributed by atoms with Crippen LogP contribution >= 0.6 is 15.9 Å². The summed E-state index contributed by atoms with van der Waals surface area (Å²) < 4.78 is 6.07. The van der Waals surface area contributed by atoms with Crippen LogP contribution in [0, 0.1) is 0 Å². The third-order valence-electron chi connectivity index (χ3n) is 1.96. The number of aromatic nitrogens is 2. The first-order valence-corrected chi connectivity index (χ1v) is 5.07. The third-order valence-corrected chi connectivity index (χ3v) is 2.39. The molecule has 0 aliphatic rings. The topological polar surface area (TPSA) is 77.0 Å². The van der Waals surface area contributed by atoms with Gasteiger partial charge in [-0.3, -0.25) is 5.84 Å². The fourth-order valence-corrected chi connectivity index (χ4v) is 1.60. The number of nitrogens with one attached hydrogen (secondary N) is 1. The molecule has 15 heavy (non-hydrogen) atoms. The first kappa shape index (κ1) is 10.3. The van der Waals surface area contributed by atoms with Crippen molar-refractivity contribution in [2.45, 2.75) is 6.04 Å². The van der Waals surface area contributed by atoms with Gasteiger partial charge in [0.25, 0.3) is 0 Å². The van der Waals surface area contributed by atoms with E-state index >= 15 is 0 Å². The first-order chi connectivity index (χ1) is 7.31. The van der Waals surface area contributed by atoms with Gasteiger partial charge in [-0.25, -0.2) is 15.4 Å². The maximum Gasteiger partial charge on any atom is 0.169 e. The highest BCUT2D eigenvalue weighted by molar-refractivity contribution is 9.10. The molecule has 0 aliphatic carbocycles. The van der Waals surface area contributed by atoms with Gasteiger partial charge in [-0.1, -0.05) is 0 Å². The maximum atomic E-state index is 5.47. The Balaban J connectivity index is 2.33. The Bertz CT molecular complexity index is 431. The zero-order valence-corrected chi connectivity index (χ0v) is 9.31. The molecule has 2 rings (SSSR count). The van der Waals surface area contributed by atoms with E-state index in [1.807, 2.05) is 12.1 Å². The van der Waals surface area contributed by atoms with Gasteiger partial charge < -0.3 is 4.42 Å². The average molecular weight is 269 g/mol. The summed E-state index contributed by atoms with van der Waals surface area (Å²) >= 11 is 3.24. The third kappa shape index (κ3) is 2.23. The summed E-state index contributed by atoms with van der Waals surface area (Å²) in [4.78, 5) is 7.85. The monoisotopic (exact) mass is 268 g/mol. The minimum atomic E-state index is -0.238.